The Balaban J connectivity index is 0.000000240. The lowest BCUT2D eigenvalue weighted by Crippen LogP contribution is -1.97. The Morgan fingerprint density at radius 2 is 1.17 bits per heavy atom. The minimum absolute atomic E-state index is 0.0271. The number of benzene rings is 2. The highest BCUT2D eigenvalue weighted by Gasteiger charge is 2.05. The van der Waals surface area contributed by atoms with Gasteiger partial charge in [0.15, 0.2) is 0 Å². The third-order valence-corrected chi connectivity index (χ3v) is 3.83. The van der Waals surface area contributed by atoms with E-state index < -0.39 is 0 Å². The molecule has 24 heavy (non-hydrogen) atoms. The summed E-state index contributed by atoms with van der Waals surface area (Å²) in [6.45, 7) is 17.3. The number of aliphatic hydroxyl groups excluding tert-OH is 1. The average Bonchev–Trinajstić information content (AvgIpc) is 2.46. The van der Waals surface area contributed by atoms with E-state index in [0.717, 1.165) is 33.5 Å². The molecule has 3 heteroatoms. The van der Waals surface area contributed by atoms with Gasteiger partial charge in [-0.25, -0.2) is 0 Å². The molecule has 0 saturated carbocycles. The lowest BCUT2D eigenvalue weighted by molar-refractivity contribution is 0.514. The number of nitrogen functional groups attached to an aromatic ring is 2. The van der Waals surface area contributed by atoms with E-state index in [0.29, 0.717) is 11.3 Å². The van der Waals surface area contributed by atoms with Gasteiger partial charge in [0.1, 0.15) is 5.76 Å². The minimum Gasteiger partial charge on any atom is -0.508 e. The fraction of sp³-hybridized carbons (Fsp3) is 0.238. The van der Waals surface area contributed by atoms with Crippen molar-refractivity contribution < 1.29 is 5.11 Å². The summed E-state index contributed by atoms with van der Waals surface area (Å²) in [5, 5.41) is 9.18. The number of aryl methyl sites for hydroxylation is 4. The molecule has 0 fully saturated rings. The molecule has 2 rings (SSSR count). The predicted molar refractivity (Wildman–Crippen MR) is 107 cm³/mol. The maximum Gasteiger partial charge on any atom is 0.117 e. The van der Waals surface area contributed by atoms with E-state index in [2.05, 4.69) is 32.2 Å². The Bertz CT molecular complexity index is 721. The van der Waals surface area contributed by atoms with Crippen LogP contribution in [0.5, 0.6) is 0 Å². The third-order valence-electron chi connectivity index (χ3n) is 3.83. The molecule has 0 radical (unpaired) electrons. The lowest BCUT2D eigenvalue weighted by Gasteiger charge is -2.09. The van der Waals surface area contributed by atoms with E-state index in [9.17, 15) is 5.11 Å². The largest absolute Gasteiger partial charge is 0.508 e. The van der Waals surface area contributed by atoms with Crippen molar-refractivity contribution in [3.8, 4) is 0 Å². The Kier molecular flexibility index (Phi) is 6.24. The monoisotopic (exact) mass is 324 g/mol. The second kappa shape index (κ2) is 7.73. The first-order valence-corrected chi connectivity index (χ1v) is 7.82. The Hall–Kier alpha value is -2.68. The molecule has 2 aromatic rings. The first-order chi connectivity index (χ1) is 11.0. The van der Waals surface area contributed by atoms with Crippen molar-refractivity contribution in [1.29, 1.82) is 0 Å². The summed E-state index contributed by atoms with van der Waals surface area (Å²) >= 11 is 0. The normalized spacial score (nSPS) is 9.88. The summed E-state index contributed by atoms with van der Waals surface area (Å²) in [5.74, 6) is 0.0271. The molecule has 0 spiro atoms. The van der Waals surface area contributed by atoms with Gasteiger partial charge in [-0.2, -0.15) is 0 Å². The second-order valence-electron chi connectivity index (χ2n) is 6.31. The first kappa shape index (κ1) is 19.4. The van der Waals surface area contributed by atoms with Gasteiger partial charge in [-0.1, -0.05) is 30.9 Å². The molecule has 0 aliphatic heterocycles. The van der Waals surface area contributed by atoms with Gasteiger partial charge < -0.3 is 16.6 Å². The second-order valence-corrected chi connectivity index (χ2v) is 6.31. The molecule has 5 N–H and O–H groups in total. The summed E-state index contributed by atoms with van der Waals surface area (Å²) in [6, 6.07) is 7.96. The van der Waals surface area contributed by atoms with E-state index in [1.807, 2.05) is 39.8 Å². The smallest absolute Gasteiger partial charge is 0.117 e. The molecule has 0 amide bonds. The van der Waals surface area contributed by atoms with Crippen LogP contribution in [0.4, 0.5) is 11.4 Å². The fourth-order valence-corrected chi connectivity index (χ4v) is 2.55. The third kappa shape index (κ3) is 4.66. The first-order valence-electron chi connectivity index (χ1n) is 7.82. The summed E-state index contributed by atoms with van der Waals surface area (Å²) in [6.07, 6.45) is 0. The molecule has 0 aliphatic carbocycles. The summed E-state index contributed by atoms with van der Waals surface area (Å²) < 4.78 is 0. The van der Waals surface area contributed by atoms with E-state index in [4.69, 9.17) is 11.5 Å². The number of hydrogen-bond donors (Lipinski definition) is 3. The van der Waals surface area contributed by atoms with Crippen molar-refractivity contribution in [3.05, 3.63) is 70.8 Å². The number of allylic oxidation sites excluding steroid dienone is 1. The molecule has 2 aromatic carbocycles. The van der Waals surface area contributed by atoms with Gasteiger partial charge >= 0.3 is 0 Å². The highest BCUT2D eigenvalue weighted by Crippen LogP contribution is 2.25. The van der Waals surface area contributed by atoms with Crippen molar-refractivity contribution >= 4 is 22.7 Å². The van der Waals surface area contributed by atoms with E-state index in [1.54, 1.807) is 0 Å². The van der Waals surface area contributed by atoms with Crippen LogP contribution in [0.3, 0.4) is 0 Å². The number of rotatable bonds is 2. The van der Waals surface area contributed by atoms with Gasteiger partial charge in [-0.3, -0.25) is 0 Å². The van der Waals surface area contributed by atoms with Gasteiger partial charge in [0.05, 0.1) is 0 Å². The van der Waals surface area contributed by atoms with Gasteiger partial charge in [0, 0.05) is 22.5 Å². The molecule has 128 valence electrons. The van der Waals surface area contributed by atoms with Crippen LogP contribution in [-0.4, -0.2) is 5.11 Å². The Morgan fingerprint density at radius 3 is 1.54 bits per heavy atom. The van der Waals surface area contributed by atoms with Crippen LogP contribution in [0.2, 0.25) is 0 Å². The molecule has 0 aromatic heterocycles. The number of hydrogen-bond acceptors (Lipinski definition) is 3. The van der Waals surface area contributed by atoms with Crippen LogP contribution in [0.25, 0.3) is 11.3 Å². The van der Waals surface area contributed by atoms with Crippen molar-refractivity contribution in [2.45, 2.75) is 34.6 Å². The van der Waals surface area contributed by atoms with Gasteiger partial charge in [-0.05, 0) is 69.0 Å². The minimum atomic E-state index is 0.0271. The zero-order chi connectivity index (χ0) is 18.6. The van der Waals surface area contributed by atoms with Crippen molar-refractivity contribution in [2.75, 3.05) is 11.5 Å². The number of nitrogens with two attached hydrogens (primary N) is 2. The van der Waals surface area contributed by atoms with Gasteiger partial charge in [0.2, 0.25) is 0 Å². The lowest BCUT2D eigenvalue weighted by atomic mass is 10.0. The topological polar surface area (TPSA) is 72.3 Å². The van der Waals surface area contributed by atoms with Crippen molar-refractivity contribution in [2.24, 2.45) is 0 Å². The van der Waals surface area contributed by atoms with Crippen molar-refractivity contribution in [3.63, 3.8) is 0 Å². The van der Waals surface area contributed by atoms with Gasteiger partial charge in [0.25, 0.3) is 0 Å². The quantitative estimate of drug-likeness (QED) is 0.516. The molecule has 0 heterocycles. The van der Waals surface area contributed by atoms with Crippen LogP contribution in [0, 0.1) is 27.7 Å². The maximum atomic E-state index is 9.18. The molecule has 0 bridgehead atoms. The van der Waals surface area contributed by atoms with Gasteiger partial charge in [-0.15, -0.1) is 0 Å². The molecule has 0 aliphatic rings. The average molecular weight is 324 g/mol. The Morgan fingerprint density at radius 1 is 0.792 bits per heavy atom. The molecule has 0 saturated heterocycles. The number of anilines is 2. The summed E-state index contributed by atoms with van der Waals surface area (Å²) in [4.78, 5) is 0. The molecule has 3 nitrogen and oxygen atoms in total. The summed E-state index contributed by atoms with van der Waals surface area (Å²) in [5.41, 5.74) is 20.2. The van der Waals surface area contributed by atoms with Crippen LogP contribution >= 0.6 is 0 Å². The number of aliphatic hydroxyl groups is 1. The molecule has 0 unspecified atom stereocenters. The summed E-state index contributed by atoms with van der Waals surface area (Å²) in [7, 11) is 0. The van der Waals surface area contributed by atoms with Crippen LogP contribution < -0.4 is 11.5 Å². The van der Waals surface area contributed by atoms with Crippen LogP contribution in [0.1, 0.15) is 40.3 Å². The zero-order valence-electron chi connectivity index (χ0n) is 15.3. The predicted octanol–water partition coefficient (Wildman–Crippen LogP) is 5.33. The fourth-order valence-electron chi connectivity index (χ4n) is 2.55. The zero-order valence-corrected chi connectivity index (χ0v) is 15.3. The highest BCUT2D eigenvalue weighted by molar-refractivity contribution is 5.75. The SMILES string of the molecule is C=C(C)c1cc(C)cc(C)c1N.C=C(O)c1cc(C)cc(C)c1N. The molecular formula is C21H28N2O. The Labute approximate surface area is 145 Å². The van der Waals surface area contributed by atoms with Crippen LogP contribution in [0.15, 0.2) is 37.4 Å². The van der Waals surface area contributed by atoms with Crippen molar-refractivity contribution in [1.82, 2.24) is 0 Å². The maximum absolute atomic E-state index is 9.18. The van der Waals surface area contributed by atoms with E-state index >= 15 is 0 Å². The van der Waals surface area contributed by atoms with E-state index in [1.165, 1.54) is 5.56 Å². The van der Waals surface area contributed by atoms with Crippen LogP contribution in [-0.2, 0) is 0 Å². The highest BCUT2D eigenvalue weighted by atomic mass is 16.3. The molecular weight excluding hydrogens is 296 g/mol. The molecule has 0 atom stereocenters. The standard InChI is InChI=1S/C11H15N.C10H13NO/c1-7(2)10-6-8(3)5-9(4)11(10)12;1-6-4-7(2)10(11)9(5-6)8(3)12/h5-6H,1,12H2,2-4H3;4-5,12H,3,11H2,1-2H3. The van der Waals surface area contributed by atoms with E-state index in [-0.39, 0.29) is 5.76 Å².